The highest BCUT2D eigenvalue weighted by molar-refractivity contribution is 7.88. The summed E-state index contributed by atoms with van der Waals surface area (Å²) in [6, 6.07) is 4.77. The largest absolute Gasteiger partial charge is 0.323 e. The molecule has 0 spiro atoms. The molecule has 0 aromatic heterocycles. The van der Waals surface area contributed by atoms with Crippen LogP contribution in [0.4, 0.5) is 10.1 Å². The first-order valence-electron chi connectivity index (χ1n) is 6.81. The van der Waals surface area contributed by atoms with E-state index in [4.69, 9.17) is 5.26 Å². The highest BCUT2D eigenvalue weighted by Gasteiger charge is 2.34. The molecule has 1 fully saturated rings. The van der Waals surface area contributed by atoms with Gasteiger partial charge in [0.05, 0.1) is 11.9 Å². The Hall–Kier alpha value is -1.98. The molecule has 6 nitrogen and oxygen atoms in total. The predicted octanol–water partition coefficient (Wildman–Crippen LogP) is 1.45. The third kappa shape index (κ3) is 3.43. The van der Waals surface area contributed by atoms with Gasteiger partial charge in [0.15, 0.2) is 0 Å². The van der Waals surface area contributed by atoms with Crippen LogP contribution in [0.1, 0.15) is 24.8 Å². The molecule has 0 saturated carbocycles. The smallest absolute Gasteiger partial charge is 0.242 e. The Kier molecular flexibility index (Phi) is 4.78. The fraction of sp³-hybridized carbons (Fsp3) is 0.429. The molecule has 0 unspecified atom stereocenters. The molecule has 1 aliphatic heterocycles. The summed E-state index contributed by atoms with van der Waals surface area (Å²) < 4.78 is 38.2. The Morgan fingerprint density at radius 1 is 1.45 bits per heavy atom. The van der Waals surface area contributed by atoms with Crippen molar-refractivity contribution in [3.8, 4) is 6.07 Å². The number of hydrogen-bond acceptors (Lipinski definition) is 4. The van der Waals surface area contributed by atoms with Crippen LogP contribution < -0.4 is 5.32 Å². The Bertz CT molecular complexity index is 727. The van der Waals surface area contributed by atoms with E-state index in [2.05, 4.69) is 5.32 Å². The minimum Gasteiger partial charge on any atom is -0.323 e. The Labute approximate surface area is 128 Å². The van der Waals surface area contributed by atoms with Crippen molar-refractivity contribution in [2.45, 2.75) is 25.3 Å². The van der Waals surface area contributed by atoms with Crippen LogP contribution >= 0.6 is 0 Å². The fourth-order valence-electron chi connectivity index (χ4n) is 2.52. The standard InChI is InChI=1S/C14H16FN3O3S/c1-22(20,21)18-8-3-2-7-13(18)14(19)17-12-6-4-5-11(15)10(12)9-16/h4-6,13H,2-3,7-8H2,1H3,(H,17,19)/t13-/m1/s1. The van der Waals surface area contributed by atoms with Crippen LogP contribution in [0.3, 0.4) is 0 Å². The van der Waals surface area contributed by atoms with Crippen molar-refractivity contribution in [3.05, 3.63) is 29.6 Å². The molecule has 1 N–H and O–H groups in total. The number of carbonyl (C=O) groups excluding carboxylic acids is 1. The molecule has 118 valence electrons. The predicted molar refractivity (Wildman–Crippen MR) is 78.9 cm³/mol. The average molecular weight is 325 g/mol. The number of piperidine rings is 1. The summed E-state index contributed by atoms with van der Waals surface area (Å²) in [5, 5.41) is 11.4. The average Bonchev–Trinajstić information content (AvgIpc) is 2.46. The molecule has 8 heteroatoms. The number of amides is 1. The van der Waals surface area contributed by atoms with Gasteiger partial charge in [-0.25, -0.2) is 12.8 Å². The molecule has 1 aliphatic rings. The van der Waals surface area contributed by atoms with Crippen molar-refractivity contribution in [2.24, 2.45) is 0 Å². The number of rotatable bonds is 3. The van der Waals surface area contributed by atoms with Crippen molar-refractivity contribution in [1.82, 2.24) is 4.31 Å². The van der Waals surface area contributed by atoms with Gasteiger partial charge in [0, 0.05) is 6.54 Å². The lowest BCUT2D eigenvalue weighted by Gasteiger charge is -2.32. The van der Waals surface area contributed by atoms with E-state index < -0.39 is 27.8 Å². The number of anilines is 1. The molecule has 1 atom stereocenters. The molecule has 0 aliphatic carbocycles. The first-order chi connectivity index (χ1) is 10.3. The first-order valence-corrected chi connectivity index (χ1v) is 8.65. The zero-order valence-corrected chi connectivity index (χ0v) is 12.9. The minimum absolute atomic E-state index is 0.0477. The van der Waals surface area contributed by atoms with Gasteiger partial charge in [0.2, 0.25) is 15.9 Å². The minimum atomic E-state index is -3.50. The van der Waals surface area contributed by atoms with E-state index in [1.807, 2.05) is 0 Å². The quantitative estimate of drug-likeness (QED) is 0.910. The van der Waals surface area contributed by atoms with Crippen molar-refractivity contribution in [3.63, 3.8) is 0 Å². The molecular formula is C14H16FN3O3S. The second-order valence-corrected chi connectivity index (χ2v) is 7.08. The van der Waals surface area contributed by atoms with Gasteiger partial charge < -0.3 is 5.32 Å². The maximum absolute atomic E-state index is 13.5. The first kappa shape index (κ1) is 16.4. The van der Waals surface area contributed by atoms with Crippen LogP contribution in [0.25, 0.3) is 0 Å². The molecule has 1 aromatic carbocycles. The van der Waals surface area contributed by atoms with Crippen LogP contribution in [0, 0.1) is 17.1 Å². The fourth-order valence-corrected chi connectivity index (χ4v) is 3.65. The van der Waals surface area contributed by atoms with E-state index >= 15 is 0 Å². The van der Waals surface area contributed by atoms with Gasteiger partial charge in [-0.1, -0.05) is 12.5 Å². The topological polar surface area (TPSA) is 90.3 Å². The van der Waals surface area contributed by atoms with Crippen LogP contribution in [0.15, 0.2) is 18.2 Å². The summed E-state index contributed by atoms with van der Waals surface area (Å²) in [5.74, 6) is -1.28. The van der Waals surface area contributed by atoms with Gasteiger partial charge in [0.25, 0.3) is 0 Å². The van der Waals surface area contributed by atoms with E-state index in [0.717, 1.165) is 23.0 Å². The number of sulfonamides is 1. The van der Waals surface area contributed by atoms with Gasteiger partial charge in [-0.15, -0.1) is 0 Å². The number of nitrogens with one attached hydrogen (secondary N) is 1. The second kappa shape index (κ2) is 6.42. The second-order valence-electron chi connectivity index (χ2n) is 5.15. The zero-order chi connectivity index (χ0) is 16.3. The van der Waals surface area contributed by atoms with E-state index in [9.17, 15) is 17.6 Å². The van der Waals surface area contributed by atoms with Gasteiger partial charge in [-0.3, -0.25) is 4.79 Å². The number of nitriles is 1. The summed E-state index contributed by atoms with van der Waals surface area (Å²) in [5.41, 5.74) is -0.218. The monoisotopic (exact) mass is 325 g/mol. The number of benzene rings is 1. The van der Waals surface area contributed by atoms with Crippen molar-refractivity contribution >= 4 is 21.6 Å². The number of hydrogen-bond donors (Lipinski definition) is 1. The normalized spacial score (nSPS) is 19.4. The number of halogens is 1. The molecular weight excluding hydrogens is 309 g/mol. The maximum Gasteiger partial charge on any atom is 0.242 e. The third-order valence-corrected chi connectivity index (χ3v) is 4.85. The summed E-state index contributed by atoms with van der Waals surface area (Å²) >= 11 is 0. The summed E-state index contributed by atoms with van der Waals surface area (Å²) in [4.78, 5) is 12.4. The zero-order valence-electron chi connectivity index (χ0n) is 12.0. The Morgan fingerprint density at radius 3 is 2.82 bits per heavy atom. The van der Waals surface area contributed by atoms with E-state index in [0.29, 0.717) is 12.8 Å². The summed E-state index contributed by atoms with van der Waals surface area (Å²) in [6.45, 7) is 0.283. The van der Waals surface area contributed by atoms with Gasteiger partial charge >= 0.3 is 0 Å². The third-order valence-electron chi connectivity index (χ3n) is 3.57. The van der Waals surface area contributed by atoms with Crippen LogP contribution in [0.2, 0.25) is 0 Å². The Balaban J connectivity index is 2.25. The summed E-state index contributed by atoms with van der Waals surface area (Å²) in [6.07, 6.45) is 2.89. The molecule has 1 amide bonds. The summed E-state index contributed by atoms with van der Waals surface area (Å²) in [7, 11) is -3.50. The molecule has 22 heavy (non-hydrogen) atoms. The number of carbonyl (C=O) groups is 1. The van der Waals surface area contributed by atoms with Crippen LogP contribution in [-0.2, 0) is 14.8 Å². The lowest BCUT2D eigenvalue weighted by Crippen LogP contribution is -2.49. The maximum atomic E-state index is 13.5. The molecule has 1 aromatic rings. The van der Waals surface area contributed by atoms with Gasteiger partial charge in [-0.05, 0) is 25.0 Å². The Morgan fingerprint density at radius 2 is 2.18 bits per heavy atom. The van der Waals surface area contributed by atoms with Gasteiger partial charge in [-0.2, -0.15) is 9.57 Å². The highest BCUT2D eigenvalue weighted by atomic mass is 32.2. The van der Waals surface area contributed by atoms with Crippen molar-refractivity contribution in [2.75, 3.05) is 18.1 Å². The highest BCUT2D eigenvalue weighted by Crippen LogP contribution is 2.23. The molecule has 0 bridgehead atoms. The van der Waals surface area contributed by atoms with Gasteiger partial charge in [0.1, 0.15) is 23.5 Å². The lowest BCUT2D eigenvalue weighted by atomic mass is 10.0. The molecule has 0 radical (unpaired) electrons. The molecule has 1 saturated heterocycles. The van der Waals surface area contributed by atoms with Crippen molar-refractivity contribution in [1.29, 1.82) is 5.26 Å². The van der Waals surface area contributed by atoms with Crippen LogP contribution in [-0.4, -0.2) is 37.5 Å². The molecule has 2 rings (SSSR count). The molecule has 1 heterocycles. The SMILES string of the molecule is CS(=O)(=O)N1CCCC[C@@H]1C(=O)Nc1cccc(F)c1C#N. The van der Waals surface area contributed by atoms with E-state index in [-0.39, 0.29) is 17.8 Å². The van der Waals surface area contributed by atoms with Crippen LogP contribution in [0.5, 0.6) is 0 Å². The van der Waals surface area contributed by atoms with Crippen molar-refractivity contribution < 1.29 is 17.6 Å². The van der Waals surface area contributed by atoms with E-state index in [1.165, 1.54) is 12.1 Å². The lowest BCUT2D eigenvalue weighted by molar-refractivity contribution is -0.120. The number of nitrogens with zero attached hydrogens (tertiary/aromatic N) is 2. The van der Waals surface area contributed by atoms with E-state index in [1.54, 1.807) is 6.07 Å².